The number of nitrogens with one attached hydrogen (secondary N) is 1. The fourth-order valence-electron chi connectivity index (χ4n) is 2.05. The number of nitro benzene ring substituents is 1. The molecule has 1 amide bonds. The Morgan fingerprint density at radius 2 is 2.00 bits per heavy atom. The van der Waals surface area contributed by atoms with Gasteiger partial charge in [-0.3, -0.25) is 14.9 Å². The fraction of sp³-hybridized carbons (Fsp3) is 0.0667. The van der Waals surface area contributed by atoms with E-state index in [1.807, 2.05) is 0 Å². The first kappa shape index (κ1) is 17.8. The van der Waals surface area contributed by atoms with Crippen molar-refractivity contribution >= 4 is 62.6 Å². The minimum absolute atomic E-state index is 0.0139. The molecule has 0 aliphatic carbocycles. The molecule has 10 heteroatoms. The highest BCUT2D eigenvalue weighted by Gasteiger charge is 2.14. The van der Waals surface area contributed by atoms with Gasteiger partial charge in [-0.25, -0.2) is 4.98 Å². The van der Waals surface area contributed by atoms with E-state index in [0.29, 0.717) is 25.1 Å². The summed E-state index contributed by atoms with van der Waals surface area (Å²) >= 11 is 14.6. The summed E-state index contributed by atoms with van der Waals surface area (Å²) in [6, 6.07) is 7.57. The van der Waals surface area contributed by atoms with E-state index in [1.165, 1.54) is 34.8 Å². The Morgan fingerprint density at radius 1 is 1.28 bits per heavy atom. The minimum atomic E-state index is -0.483. The van der Waals surface area contributed by atoms with Crippen LogP contribution in [0.15, 0.2) is 35.7 Å². The van der Waals surface area contributed by atoms with Crippen LogP contribution in [0.1, 0.15) is 5.56 Å². The zero-order valence-electron chi connectivity index (χ0n) is 12.4. The summed E-state index contributed by atoms with van der Waals surface area (Å²) in [4.78, 5) is 26.6. The van der Waals surface area contributed by atoms with Crippen LogP contribution in [0.3, 0.4) is 0 Å². The number of aromatic nitrogens is 1. The lowest BCUT2D eigenvalue weighted by Crippen LogP contribution is -2.14. The Bertz CT molecular complexity index is 938. The standard InChI is InChI=1S/C15H9Cl2N3O3S2/c16-12-6-10(14(17)25-12)11-7-24-15(18-11)19-13(21)5-8-1-3-9(4-2-8)20(22)23/h1-4,6-7H,5H2,(H,18,19,21). The number of thiazole rings is 1. The quantitative estimate of drug-likeness (QED) is 0.455. The molecular weight excluding hydrogens is 405 g/mol. The van der Waals surface area contributed by atoms with E-state index < -0.39 is 4.92 Å². The monoisotopic (exact) mass is 413 g/mol. The van der Waals surface area contributed by atoms with Crippen LogP contribution in [0.5, 0.6) is 0 Å². The Labute approximate surface area is 160 Å². The molecule has 0 unspecified atom stereocenters. The number of halogens is 2. The third-order valence-electron chi connectivity index (χ3n) is 3.20. The smallest absolute Gasteiger partial charge is 0.269 e. The zero-order valence-corrected chi connectivity index (χ0v) is 15.5. The summed E-state index contributed by atoms with van der Waals surface area (Å²) < 4.78 is 1.11. The van der Waals surface area contributed by atoms with Crippen LogP contribution in [0, 0.1) is 10.1 Å². The van der Waals surface area contributed by atoms with Gasteiger partial charge in [0.2, 0.25) is 5.91 Å². The normalized spacial score (nSPS) is 10.6. The summed E-state index contributed by atoms with van der Waals surface area (Å²) in [7, 11) is 0. The van der Waals surface area contributed by atoms with Crippen LogP contribution in [0.25, 0.3) is 11.3 Å². The summed E-state index contributed by atoms with van der Waals surface area (Å²) in [5.41, 5.74) is 2.03. The van der Waals surface area contributed by atoms with E-state index >= 15 is 0 Å². The number of amides is 1. The van der Waals surface area contributed by atoms with Crippen molar-refractivity contribution in [3.05, 3.63) is 60.1 Å². The van der Waals surface area contributed by atoms with Crippen LogP contribution in [-0.4, -0.2) is 15.8 Å². The minimum Gasteiger partial charge on any atom is -0.302 e. The predicted octanol–water partition coefficient (Wildman–Crippen LogP) is 5.27. The van der Waals surface area contributed by atoms with Crippen LogP contribution in [-0.2, 0) is 11.2 Å². The van der Waals surface area contributed by atoms with Crippen molar-refractivity contribution in [1.82, 2.24) is 4.98 Å². The maximum Gasteiger partial charge on any atom is 0.269 e. The Morgan fingerprint density at radius 3 is 2.60 bits per heavy atom. The van der Waals surface area contributed by atoms with Gasteiger partial charge >= 0.3 is 0 Å². The highest BCUT2D eigenvalue weighted by Crippen LogP contribution is 2.38. The molecule has 0 aliphatic heterocycles. The van der Waals surface area contributed by atoms with E-state index in [-0.39, 0.29) is 18.0 Å². The third kappa shape index (κ3) is 4.35. The van der Waals surface area contributed by atoms with Gasteiger partial charge in [-0.15, -0.1) is 22.7 Å². The molecule has 0 spiro atoms. The van der Waals surface area contributed by atoms with Gasteiger partial charge in [0.05, 0.1) is 21.4 Å². The first-order valence-corrected chi connectivity index (χ1v) is 9.31. The van der Waals surface area contributed by atoms with E-state index in [2.05, 4.69) is 10.3 Å². The summed E-state index contributed by atoms with van der Waals surface area (Å²) in [6.07, 6.45) is 0.0952. The lowest BCUT2D eigenvalue weighted by atomic mass is 10.1. The average Bonchev–Trinajstić information content (AvgIpc) is 3.13. The molecule has 0 radical (unpaired) electrons. The van der Waals surface area contributed by atoms with Gasteiger partial charge in [0.25, 0.3) is 5.69 Å². The second kappa shape index (κ2) is 7.49. The number of hydrogen-bond acceptors (Lipinski definition) is 6. The molecule has 6 nitrogen and oxygen atoms in total. The van der Waals surface area contributed by atoms with Gasteiger partial charge in [0.15, 0.2) is 5.13 Å². The molecule has 0 bridgehead atoms. The number of carbonyl (C=O) groups is 1. The molecule has 0 aliphatic rings. The first-order chi connectivity index (χ1) is 11.9. The summed E-state index contributed by atoms with van der Waals surface area (Å²) in [5.74, 6) is -0.260. The SMILES string of the molecule is O=C(Cc1ccc([N+](=O)[O-])cc1)Nc1nc(-c2cc(Cl)sc2Cl)cs1. The molecular formula is C15H9Cl2N3O3S2. The van der Waals surface area contributed by atoms with Gasteiger partial charge in [0, 0.05) is 23.1 Å². The van der Waals surface area contributed by atoms with Crippen molar-refractivity contribution in [2.24, 2.45) is 0 Å². The van der Waals surface area contributed by atoms with Crippen LogP contribution >= 0.6 is 45.9 Å². The van der Waals surface area contributed by atoms with Gasteiger partial charge < -0.3 is 5.32 Å². The van der Waals surface area contributed by atoms with E-state index in [9.17, 15) is 14.9 Å². The lowest BCUT2D eigenvalue weighted by Gasteiger charge is -2.02. The lowest BCUT2D eigenvalue weighted by molar-refractivity contribution is -0.384. The molecule has 1 aromatic carbocycles. The van der Waals surface area contributed by atoms with Gasteiger partial charge in [-0.2, -0.15) is 0 Å². The fourth-order valence-corrected chi connectivity index (χ4v) is 4.26. The van der Waals surface area contributed by atoms with E-state index in [4.69, 9.17) is 23.2 Å². The van der Waals surface area contributed by atoms with Crippen molar-refractivity contribution < 1.29 is 9.72 Å². The number of non-ortho nitro benzene ring substituents is 1. The number of nitro groups is 1. The summed E-state index contributed by atoms with van der Waals surface area (Å²) in [5, 5.41) is 15.6. The second-order valence-corrected chi connectivity index (χ2v) is 8.07. The van der Waals surface area contributed by atoms with Crippen LogP contribution < -0.4 is 5.32 Å². The number of nitrogens with zero attached hydrogens (tertiary/aromatic N) is 2. The van der Waals surface area contributed by atoms with Crippen molar-refractivity contribution in [1.29, 1.82) is 0 Å². The van der Waals surface area contributed by atoms with E-state index in [1.54, 1.807) is 23.6 Å². The Hall–Kier alpha value is -2.00. The Kier molecular flexibility index (Phi) is 5.33. The molecule has 128 valence electrons. The molecule has 2 aromatic heterocycles. The molecule has 1 N–H and O–H groups in total. The molecule has 0 saturated carbocycles. The number of rotatable bonds is 5. The zero-order chi connectivity index (χ0) is 18.0. The third-order valence-corrected chi connectivity index (χ3v) is 5.44. The number of hydrogen-bond donors (Lipinski definition) is 1. The molecule has 25 heavy (non-hydrogen) atoms. The molecule has 2 heterocycles. The van der Waals surface area contributed by atoms with Crippen molar-refractivity contribution in [2.45, 2.75) is 6.42 Å². The number of benzene rings is 1. The van der Waals surface area contributed by atoms with Gasteiger partial charge in [-0.05, 0) is 11.6 Å². The van der Waals surface area contributed by atoms with Crippen LogP contribution in [0.4, 0.5) is 10.8 Å². The topological polar surface area (TPSA) is 85.1 Å². The maximum absolute atomic E-state index is 12.1. The number of anilines is 1. The van der Waals surface area contributed by atoms with Crippen molar-refractivity contribution in [3.63, 3.8) is 0 Å². The summed E-state index contributed by atoms with van der Waals surface area (Å²) in [6.45, 7) is 0. The number of thiophene rings is 1. The highest BCUT2D eigenvalue weighted by molar-refractivity contribution is 7.20. The number of carbonyl (C=O) groups excluding carboxylic acids is 1. The van der Waals surface area contributed by atoms with E-state index in [0.717, 1.165) is 5.56 Å². The first-order valence-electron chi connectivity index (χ1n) is 6.86. The van der Waals surface area contributed by atoms with Gasteiger partial charge in [0.1, 0.15) is 4.34 Å². The Balaban J connectivity index is 1.65. The molecule has 3 rings (SSSR count). The highest BCUT2D eigenvalue weighted by atomic mass is 35.5. The van der Waals surface area contributed by atoms with Crippen molar-refractivity contribution in [2.75, 3.05) is 5.32 Å². The largest absolute Gasteiger partial charge is 0.302 e. The predicted molar refractivity (Wildman–Crippen MR) is 101 cm³/mol. The molecule has 0 atom stereocenters. The molecule has 3 aromatic rings. The second-order valence-electron chi connectivity index (χ2n) is 4.92. The molecule has 0 saturated heterocycles. The maximum atomic E-state index is 12.1. The van der Waals surface area contributed by atoms with Crippen molar-refractivity contribution in [3.8, 4) is 11.3 Å². The average molecular weight is 414 g/mol. The van der Waals surface area contributed by atoms with Crippen LogP contribution in [0.2, 0.25) is 8.67 Å². The molecule has 0 fully saturated rings. The van der Waals surface area contributed by atoms with Gasteiger partial charge in [-0.1, -0.05) is 35.3 Å².